The quantitative estimate of drug-likeness (QED) is 0.521. The zero-order valence-corrected chi connectivity index (χ0v) is 16.3. The van der Waals surface area contributed by atoms with Crippen LogP contribution in [0.3, 0.4) is 0 Å². The largest absolute Gasteiger partial charge is 0.497 e. The van der Waals surface area contributed by atoms with Crippen LogP contribution in [0.5, 0.6) is 11.5 Å². The zero-order chi connectivity index (χ0) is 20.2. The fourth-order valence-corrected chi connectivity index (χ4v) is 3.18. The van der Waals surface area contributed by atoms with E-state index >= 15 is 0 Å². The lowest BCUT2D eigenvalue weighted by atomic mass is 10.0. The van der Waals surface area contributed by atoms with Crippen LogP contribution in [0, 0.1) is 0 Å². The van der Waals surface area contributed by atoms with Crippen molar-refractivity contribution in [2.75, 3.05) is 20.0 Å². The predicted molar refractivity (Wildman–Crippen MR) is 116 cm³/mol. The standard InChI is InChI=1S/C24H21N3O2/c1-28-20-12-19(13-21(14-20)29-2)23-15-22(26-24(25)27-23)18-10-8-17(9-11-18)16-6-4-3-5-7-16/h3-15H,1-2H3,(H2,25,26,27). The van der Waals surface area contributed by atoms with Gasteiger partial charge in [-0.15, -0.1) is 0 Å². The van der Waals surface area contributed by atoms with E-state index in [9.17, 15) is 0 Å². The third kappa shape index (κ3) is 4.04. The van der Waals surface area contributed by atoms with Crippen LogP contribution in [-0.2, 0) is 0 Å². The van der Waals surface area contributed by atoms with E-state index < -0.39 is 0 Å². The Morgan fingerprint density at radius 1 is 0.586 bits per heavy atom. The molecule has 29 heavy (non-hydrogen) atoms. The molecule has 0 saturated heterocycles. The Morgan fingerprint density at radius 2 is 1.10 bits per heavy atom. The van der Waals surface area contributed by atoms with E-state index in [0.717, 1.165) is 22.4 Å². The van der Waals surface area contributed by atoms with E-state index in [1.807, 2.05) is 54.6 Å². The lowest BCUT2D eigenvalue weighted by molar-refractivity contribution is 0.394. The van der Waals surface area contributed by atoms with Crippen LogP contribution in [0.4, 0.5) is 5.95 Å². The molecule has 0 spiro atoms. The van der Waals surface area contributed by atoms with Gasteiger partial charge < -0.3 is 15.2 Å². The van der Waals surface area contributed by atoms with Crippen LogP contribution < -0.4 is 15.2 Å². The summed E-state index contributed by atoms with van der Waals surface area (Å²) < 4.78 is 10.7. The first-order chi connectivity index (χ1) is 14.2. The highest BCUT2D eigenvalue weighted by Crippen LogP contribution is 2.31. The maximum atomic E-state index is 6.01. The lowest BCUT2D eigenvalue weighted by Gasteiger charge is -2.10. The number of nitrogen functional groups attached to an aromatic ring is 1. The fraction of sp³-hybridized carbons (Fsp3) is 0.0833. The molecule has 5 heteroatoms. The van der Waals surface area contributed by atoms with Crippen LogP contribution >= 0.6 is 0 Å². The highest BCUT2D eigenvalue weighted by atomic mass is 16.5. The first-order valence-electron chi connectivity index (χ1n) is 9.20. The molecule has 0 atom stereocenters. The summed E-state index contributed by atoms with van der Waals surface area (Å²) in [7, 11) is 3.24. The SMILES string of the molecule is COc1cc(OC)cc(-c2cc(-c3ccc(-c4ccccc4)cc3)nc(N)n2)c1. The first kappa shape index (κ1) is 18.5. The number of hydrogen-bond donors (Lipinski definition) is 1. The molecule has 4 aromatic rings. The van der Waals surface area contributed by atoms with Gasteiger partial charge in [0.1, 0.15) is 11.5 Å². The van der Waals surface area contributed by atoms with Crippen LogP contribution in [0.15, 0.2) is 78.9 Å². The number of methoxy groups -OCH3 is 2. The molecular weight excluding hydrogens is 362 g/mol. The molecule has 0 aliphatic rings. The highest BCUT2D eigenvalue weighted by Gasteiger charge is 2.10. The number of rotatable bonds is 5. The van der Waals surface area contributed by atoms with Crippen molar-refractivity contribution in [3.63, 3.8) is 0 Å². The van der Waals surface area contributed by atoms with Crippen LogP contribution in [0.25, 0.3) is 33.6 Å². The second kappa shape index (κ2) is 8.02. The number of nitrogens with two attached hydrogens (primary N) is 1. The van der Waals surface area contributed by atoms with Crippen molar-refractivity contribution in [2.45, 2.75) is 0 Å². The van der Waals surface area contributed by atoms with E-state index in [0.29, 0.717) is 17.2 Å². The van der Waals surface area contributed by atoms with Crippen molar-refractivity contribution in [3.8, 4) is 45.1 Å². The van der Waals surface area contributed by atoms with E-state index in [-0.39, 0.29) is 5.95 Å². The van der Waals surface area contributed by atoms with E-state index in [1.54, 1.807) is 14.2 Å². The van der Waals surface area contributed by atoms with Gasteiger partial charge in [-0.05, 0) is 29.3 Å². The first-order valence-corrected chi connectivity index (χ1v) is 9.20. The van der Waals surface area contributed by atoms with Gasteiger partial charge in [0, 0.05) is 17.2 Å². The monoisotopic (exact) mass is 383 g/mol. The average molecular weight is 383 g/mol. The fourth-order valence-electron chi connectivity index (χ4n) is 3.18. The Bertz CT molecular complexity index is 1100. The molecule has 1 heterocycles. The normalized spacial score (nSPS) is 10.6. The summed E-state index contributed by atoms with van der Waals surface area (Å²) >= 11 is 0. The Hall–Kier alpha value is -3.86. The van der Waals surface area contributed by atoms with E-state index in [1.165, 1.54) is 5.56 Å². The van der Waals surface area contributed by atoms with Crippen molar-refractivity contribution in [2.24, 2.45) is 0 Å². The maximum Gasteiger partial charge on any atom is 0.221 e. The highest BCUT2D eigenvalue weighted by molar-refractivity contribution is 5.73. The molecule has 0 fully saturated rings. The summed E-state index contributed by atoms with van der Waals surface area (Å²) in [6, 6.07) is 26.0. The number of nitrogens with zero attached hydrogens (tertiary/aromatic N) is 2. The van der Waals surface area contributed by atoms with Gasteiger partial charge in [0.15, 0.2) is 0 Å². The van der Waals surface area contributed by atoms with Gasteiger partial charge >= 0.3 is 0 Å². The Balaban J connectivity index is 1.72. The van der Waals surface area contributed by atoms with Crippen molar-refractivity contribution in [3.05, 3.63) is 78.9 Å². The van der Waals surface area contributed by atoms with Crippen molar-refractivity contribution in [1.82, 2.24) is 9.97 Å². The lowest BCUT2D eigenvalue weighted by Crippen LogP contribution is -1.99. The molecule has 0 aliphatic heterocycles. The summed E-state index contributed by atoms with van der Waals surface area (Å²) in [4.78, 5) is 8.82. The van der Waals surface area contributed by atoms with E-state index in [4.69, 9.17) is 15.2 Å². The summed E-state index contributed by atoms with van der Waals surface area (Å²) in [6.45, 7) is 0. The predicted octanol–water partition coefficient (Wildman–Crippen LogP) is 5.08. The summed E-state index contributed by atoms with van der Waals surface area (Å²) in [6.07, 6.45) is 0. The van der Waals surface area contributed by atoms with Crippen LogP contribution in [0.2, 0.25) is 0 Å². The molecule has 0 bridgehead atoms. The minimum atomic E-state index is 0.214. The smallest absolute Gasteiger partial charge is 0.221 e. The minimum absolute atomic E-state index is 0.214. The number of ether oxygens (including phenoxy) is 2. The summed E-state index contributed by atoms with van der Waals surface area (Å²) in [5, 5.41) is 0. The van der Waals surface area contributed by atoms with Crippen molar-refractivity contribution < 1.29 is 9.47 Å². The van der Waals surface area contributed by atoms with E-state index in [2.05, 4.69) is 34.2 Å². The molecule has 0 radical (unpaired) electrons. The maximum absolute atomic E-state index is 6.01. The number of anilines is 1. The molecular formula is C24H21N3O2. The molecule has 1 aromatic heterocycles. The second-order valence-electron chi connectivity index (χ2n) is 6.54. The van der Waals surface area contributed by atoms with Gasteiger partial charge in [0.25, 0.3) is 0 Å². The van der Waals surface area contributed by atoms with Gasteiger partial charge in [0.05, 0.1) is 25.6 Å². The molecule has 5 nitrogen and oxygen atoms in total. The van der Waals surface area contributed by atoms with Gasteiger partial charge in [-0.2, -0.15) is 0 Å². The molecule has 0 unspecified atom stereocenters. The molecule has 0 saturated carbocycles. The number of benzene rings is 3. The van der Waals surface area contributed by atoms with Gasteiger partial charge in [-0.25, -0.2) is 9.97 Å². The van der Waals surface area contributed by atoms with Gasteiger partial charge in [-0.3, -0.25) is 0 Å². The Kier molecular flexibility index (Phi) is 5.12. The molecule has 4 rings (SSSR count). The van der Waals surface area contributed by atoms with Crippen LogP contribution in [-0.4, -0.2) is 24.2 Å². The zero-order valence-electron chi connectivity index (χ0n) is 16.3. The van der Waals surface area contributed by atoms with Crippen LogP contribution in [0.1, 0.15) is 0 Å². The van der Waals surface area contributed by atoms with Crippen molar-refractivity contribution in [1.29, 1.82) is 0 Å². The average Bonchev–Trinajstić information content (AvgIpc) is 2.79. The Morgan fingerprint density at radius 3 is 1.69 bits per heavy atom. The number of aromatic nitrogens is 2. The molecule has 3 aromatic carbocycles. The van der Waals surface area contributed by atoms with Crippen molar-refractivity contribution >= 4 is 5.95 Å². The molecule has 2 N–H and O–H groups in total. The number of hydrogen-bond acceptors (Lipinski definition) is 5. The third-order valence-corrected chi connectivity index (χ3v) is 4.68. The van der Waals surface area contributed by atoms with Gasteiger partial charge in [0.2, 0.25) is 5.95 Å². The molecule has 0 aliphatic carbocycles. The summed E-state index contributed by atoms with van der Waals surface area (Å²) in [5.41, 5.74) is 11.6. The third-order valence-electron chi connectivity index (χ3n) is 4.68. The molecule has 144 valence electrons. The Labute approximate surface area is 169 Å². The molecule has 0 amide bonds. The second-order valence-corrected chi connectivity index (χ2v) is 6.54. The minimum Gasteiger partial charge on any atom is -0.497 e. The topological polar surface area (TPSA) is 70.3 Å². The summed E-state index contributed by atoms with van der Waals surface area (Å²) in [5.74, 6) is 1.59. The van der Waals surface area contributed by atoms with Gasteiger partial charge in [-0.1, -0.05) is 54.6 Å².